The summed E-state index contributed by atoms with van der Waals surface area (Å²) in [5.41, 5.74) is 1.97. The molecular weight excluding hydrogens is 387 g/mol. The quantitative estimate of drug-likeness (QED) is 0.351. The van der Waals surface area contributed by atoms with Crippen molar-refractivity contribution >= 4 is 17.7 Å². The molecule has 1 N–H and O–H groups in total. The van der Waals surface area contributed by atoms with Crippen molar-refractivity contribution < 1.29 is 18.8 Å². The number of rotatable bonds is 7. The summed E-state index contributed by atoms with van der Waals surface area (Å²) in [6.07, 6.45) is 2.80. The predicted molar refractivity (Wildman–Crippen MR) is 112 cm³/mol. The second-order valence-corrected chi connectivity index (χ2v) is 6.45. The molecular formula is C23H19FN2O4. The van der Waals surface area contributed by atoms with Crippen LogP contribution in [-0.4, -0.2) is 17.9 Å². The van der Waals surface area contributed by atoms with Gasteiger partial charge in [0.25, 0.3) is 5.69 Å². The van der Waals surface area contributed by atoms with Crippen LogP contribution in [0.4, 0.5) is 10.1 Å². The lowest BCUT2D eigenvalue weighted by Crippen LogP contribution is -2.27. The summed E-state index contributed by atoms with van der Waals surface area (Å²) in [5.74, 6) is -0.0933. The first kappa shape index (κ1) is 20.7. The number of amides is 1. The molecule has 6 nitrogen and oxygen atoms in total. The van der Waals surface area contributed by atoms with Crippen LogP contribution in [0.5, 0.6) is 5.75 Å². The number of hydrogen-bond donors (Lipinski definition) is 1. The average Bonchev–Trinajstić information content (AvgIpc) is 2.77. The van der Waals surface area contributed by atoms with Gasteiger partial charge in [0.15, 0.2) is 0 Å². The highest BCUT2D eigenvalue weighted by Crippen LogP contribution is 2.24. The molecule has 3 aromatic carbocycles. The lowest BCUT2D eigenvalue weighted by molar-refractivity contribution is -0.384. The van der Waals surface area contributed by atoms with Crippen LogP contribution in [0.3, 0.4) is 0 Å². The molecule has 152 valence electrons. The van der Waals surface area contributed by atoms with Gasteiger partial charge in [-0.15, -0.1) is 0 Å². The molecule has 0 bridgehead atoms. The Morgan fingerprint density at radius 1 is 1.07 bits per heavy atom. The standard InChI is InChI=1S/C23H19FN2O4/c1-30-21-12-8-18(9-13-21)23(17-6-10-19(24)11-7-17)25-22(27)14-5-16-3-2-4-20(15-16)26(28)29/h2-15,23H,1H3,(H,25,27). The van der Waals surface area contributed by atoms with Crippen molar-refractivity contribution in [1.82, 2.24) is 5.32 Å². The average molecular weight is 406 g/mol. The summed E-state index contributed by atoms with van der Waals surface area (Å²) in [6.45, 7) is 0. The van der Waals surface area contributed by atoms with Gasteiger partial charge in [0.1, 0.15) is 11.6 Å². The number of nitrogens with one attached hydrogen (secondary N) is 1. The Morgan fingerprint density at radius 2 is 1.70 bits per heavy atom. The first-order valence-electron chi connectivity index (χ1n) is 9.09. The topological polar surface area (TPSA) is 81.5 Å². The van der Waals surface area contributed by atoms with Crippen LogP contribution >= 0.6 is 0 Å². The van der Waals surface area contributed by atoms with Gasteiger partial charge < -0.3 is 10.1 Å². The Hall–Kier alpha value is -4.00. The van der Waals surface area contributed by atoms with Gasteiger partial charge in [-0.25, -0.2) is 4.39 Å². The molecule has 0 saturated carbocycles. The fourth-order valence-electron chi connectivity index (χ4n) is 2.92. The molecule has 7 heteroatoms. The van der Waals surface area contributed by atoms with E-state index < -0.39 is 16.9 Å². The minimum absolute atomic E-state index is 0.0556. The van der Waals surface area contributed by atoms with Gasteiger partial charge in [-0.2, -0.15) is 0 Å². The van der Waals surface area contributed by atoms with Gasteiger partial charge >= 0.3 is 0 Å². The maximum Gasteiger partial charge on any atom is 0.270 e. The summed E-state index contributed by atoms with van der Waals surface area (Å²) in [6, 6.07) is 18.5. The van der Waals surface area contributed by atoms with E-state index in [0.29, 0.717) is 16.9 Å². The van der Waals surface area contributed by atoms with Gasteiger partial charge in [0.05, 0.1) is 18.1 Å². The van der Waals surface area contributed by atoms with E-state index in [-0.39, 0.29) is 11.5 Å². The number of nitro groups is 1. The largest absolute Gasteiger partial charge is 0.497 e. The van der Waals surface area contributed by atoms with Crippen LogP contribution in [-0.2, 0) is 4.79 Å². The molecule has 0 aromatic heterocycles. The van der Waals surface area contributed by atoms with E-state index in [1.807, 2.05) is 12.1 Å². The zero-order valence-electron chi connectivity index (χ0n) is 16.1. The van der Waals surface area contributed by atoms with Crippen LogP contribution in [0.2, 0.25) is 0 Å². The number of non-ortho nitro benzene ring substituents is 1. The predicted octanol–water partition coefficient (Wildman–Crippen LogP) is 4.66. The molecule has 0 aliphatic carbocycles. The molecule has 0 spiro atoms. The minimum atomic E-state index is -0.515. The van der Waals surface area contributed by atoms with Crippen molar-refractivity contribution in [2.75, 3.05) is 7.11 Å². The van der Waals surface area contributed by atoms with Crippen LogP contribution in [0.1, 0.15) is 22.7 Å². The number of nitrogens with zero attached hydrogens (tertiary/aromatic N) is 1. The number of hydrogen-bond acceptors (Lipinski definition) is 4. The molecule has 1 amide bonds. The highest BCUT2D eigenvalue weighted by molar-refractivity contribution is 5.92. The second-order valence-electron chi connectivity index (χ2n) is 6.45. The van der Waals surface area contributed by atoms with Gasteiger partial charge in [0, 0.05) is 18.2 Å². The molecule has 3 aromatic rings. The Kier molecular flexibility index (Phi) is 6.54. The van der Waals surface area contributed by atoms with E-state index in [1.165, 1.54) is 36.4 Å². The molecule has 1 atom stereocenters. The number of benzene rings is 3. The monoisotopic (exact) mass is 406 g/mol. The fourth-order valence-corrected chi connectivity index (χ4v) is 2.92. The molecule has 0 heterocycles. The molecule has 30 heavy (non-hydrogen) atoms. The third-order valence-corrected chi connectivity index (χ3v) is 4.45. The zero-order chi connectivity index (χ0) is 21.5. The SMILES string of the molecule is COc1ccc(C(NC(=O)C=Cc2cccc([N+](=O)[O-])c2)c2ccc(F)cc2)cc1. The number of methoxy groups -OCH3 is 1. The molecule has 0 aliphatic rings. The van der Waals surface area contributed by atoms with Crippen molar-refractivity contribution in [2.45, 2.75) is 6.04 Å². The van der Waals surface area contributed by atoms with E-state index in [9.17, 15) is 19.3 Å². The first-order valence-corrected chi connectivity index (χ1v) is 9.09. The van der Waals surface area contributed by atoms with Gasteiger partial charge in [-0.1, -0.05) is 36.4 Å². The maximum atomic E-state index is 13.3. The van der Waals surface area contributed by atoms with Crippen molar-refractivity contribution in [3.8, 4) is 5.75 Å². The highest BCUT2D eigenvalue weighted by atomic mass is 19.1. The maximum absolute atomic E-state index is 13.3. The van der Waals surface area contributed by atoms with E-state index >= 15 is 0 Å². The summed E-state index contributed by atoms with van der Waals surface area (Å²) >= 11 is 0. The number of carbonyl (C=O) groups excluding carboxylic acids is 1. The Bertz CT molecular complexity index is 1060. The van der Waals surface area contributed by atoms with Crippen molar-refractivity contribution in [1.29, 1.82) is 0 Å². The summed E-state index contributed by atoms with van der Waals surface area (Å²) in [4.78, 5) is 22.9. The highest BCUT2D eigenvalue weighted by Gasteiger charge is 2.16. The van der Waals surface area contributed by atoms with E-state index in [4.69, 9.17) is 4.74 Å². The number of ether oxygens (including phenoxy) is 1. The Morgan fingerprint density at radius 3 is 2.30 bits per heavy atom. The van der Waals surface area contributed by atoms with Crippen LogP contribution in [0.15, 0.2) is 78.9 Å². The van der Waals surface area contributed by atoms with Crippen molar-refractivity contribution in [3.05, 3.63) is 111 Å². The van der Waals surface area contributed by atoms with Crippen molar-refractivity contribution in [3.63, 3.8) is 0 Å². The van der Waals surface area contributed by atoms with E-state index in [2.05, 4.69) is 5.32 Å². The first-order chi connectivity index (χ1) is 14.5. The molecule has 3 rings (SSSR count). The smallest absolute Gasteiger partial charge is 0.270 e. The zero-order valence-corrected chi connectivity index (χ0v) is 16.1. The van der Waals surface area contributed by atoms with E-state index in [1.54, 1.807) is 43.5 Å². The summed E-state index contributed by atoms with van der Waals surface area (Å²) in [7, 11) is 1.56. The lowest BCUT2D eigenvalue weighted by atomic mass is 9.98. The number of carbonyl (C=O) groups is 1. The van der Waals surface area contributed by atoms with Crippen molar-refractivity contribution in [2.24, 2.45) is 0 Å². The minimum Gasteiger partial charge on any atom is -0.497 e. The number of nitro benzene ring substituents is 1. The Labute approximate surface area is 172 Å². The molecule has 0 radical (unpaired) electrons. The van der Waals surface area contributed by atoms with E-state index in [0.717, 1.165) is 5.56 Å². The van der Waals surface area contributed by atoms with Crippen LogP contribution in [0.25, 0.3) is 6.08 Å². The third kappa shape index (κ3) is 5.29. The third-order valence-electron chi connectivity index (χ3n) is 4.45. The number of halogens is 1. The molecule has 0 saturated heterocycles. The molecule has 0 aliphatic heterocycles. The molecule has 0 fully saturated rings. The van der Waals surface area contributed by atoms with Gasteiger partial charge in [0.2, 0.25) is 5.91 Å². The van der Waals surface area contributed by atoms with Gasteiger partial charge in [-0.3, -0.25) is 14.9 Å². The summed E-state index contributed by atoms with van der Waals surface area (Å²) < 4.78 is 18.5. The van der Waals surface area contributed by atoms with Gasteiger partial charge in [-0.05, 0) is 47.0 Å². The lowest BCUT2D eigenvalue weighted by Gasteiger charge is -2.19. The normalized spacial score (nSPS) is 11.8. The summed E-state index contributed by atoms with van der Waals surface area (Å²) in [5, 5.41) is 13.8. The Balaban J connectivity index is 1.83. The van der Waals surface area contributed by atoms with Crippen LogP contribution in [0, 0.1) is 15.9 Å². The fraction of sp³-hybridized carbons (Fsp3) is 0.0870. The van der Waals surface area contributed by atoms with Crippen LogP contribution < -0.4 is 10.1 Å². The second kappa shape index (κ2) is 9.47. The molecule has 1 unspecified atom stereocenters.